The Balaban J connectivity index is 1.35. The number of hydrogen-bond acceptors (Lipinski definition) is 4. The predicted molar refractivity (Wildman–Crippen MR) is 143 cm³/mol. The molecule has 2 aliphatic heterocycles. The van der Waals surface area contributed by atoms with Crippen molar-refractivity contribution in [2.24, 2.45) is 7.05 Å². The number of nitrogens with one attached hydrogen (secondary N) is 1. The number of fused-ring (bicyclic) bond motifs is 1. The van der Waals surface area contributed by atoms with E-state index in [2.05, 4.69) is 15.5 Å². The molecule has 41 heavy (non-hydrogen) atoms. The molecule has 218 valence electrons. The van der Waals surface area contributed by atoms with Crippen molar-refractivity contribution in [1.82, 2.24) is 20.1 Å². The molecule has 11 heteroatoms. The second-order valence-electron chi connectivity index (χ2n) is 11.8. The first-order valence-electron chi connectivity index (χ1n) is 14.0. The second-order valence-corrected chi connectivity index (χ2v) is 11.8. The highest BCUT2D eigenvalue weighted by Crippen LogP contribution is 2.55. The summed E-state index contributed by atoms with van der Waals surface area (Å²) in [4.78, 5) is 15.0. The molecule has 6 rings (SSSR count). The molecule has 1 N–H and O–H groups in total. The number of rotatable bonds is 6. The van der Waals surface area contributed by atoms with Gasteiger partial charge in [0, 0.05) is 55.1 Å². The Morgan fingerprint density at radius 1 is 1.12 bits per heavy atom. The fraction of sp³-hybridized carbons (Fsp3) is 0.500. The highest BCUT2D eigenvalue weighted by atomic mass is 19.4. The second kappa shape index (κ2) is 9.89. The highest BCUT2D eigenvalue weighted by Gasteiger charge is 2.57. The molecular weight excluding hydrogens is 541 g/mol. The Hall–Kier alpha value is -3.34. The van der Waals surface area contributed by atoms with E-state index in [1.807, 2.05) is 6.92 Å². The molecule has 0 spiro atoms. The van der Waals surface area contributed by atoms with Gasteiger partial charge in [0.1, 0.15) is 12.2 Å². The van der Waals surface area contributed by atoms with Gasteiger partial charge in [0.15, 0.2) is 0 Å². The van der Waals surface area contributed by atoms with Crippen molar-refractivity contribution >= 4 is 11.6 Å². The van der Waals surface area contributed by atoms with Crippen LogP contribution in [0.4, 0.5) is 27.6 Å². The molecule has 2 atom stereocenters. The highest BCUT2D eigenvalue weighted by molar-refractivity contribution is 6.10. The van der Waals surface area contributed by atoms with Crippen molar-refractivity contribution in [1.29, 1.82) is 0 Å². The minimum atomic E-state index is -4.63. The van der Waals surface area contributed by atoms with Crippen LogP contribution < -0.4 is 10.2 Å². The molecule has 2 fully saturated rings. The summed E-state index contributed by atoms with van der Waals surface area (Å²) in [5.74, 6) is -2.80. The molecule has 6 nitrogen and oxygen atoms in total. The summed E-state index contributed by atoms with van der Waals surface area (Å²) in [6, 6.07) is 9.47. The molecule has 1 amide bonds. The molecular formula is C30H32F5N5O. The lowest BCUT2D eigenvalue weighted by Crippen LogP contribution is -2.51. The third kappa shape index (κ3) is 5.02. The Morgan fingerprint density at radius 3 is 2.56 bits per heavy atom. The third-order valence-corrected chi connectivity index (χ3v) is 9.01. The van der Waals surface area contributed by atoms with E-state index in [1.165, 1.54) is 17.3 Å². The van der Waals surface area contributed by atoms with Crippen LogP contribution in [0.15, 0.2) is 42.7 Å². The van der Waals surface area contributed by atoms with Gasteiger partial charge in [-0.2, -0.15) is 13.2 Å². The lowest BCUT2D eigenvalue weighted by Gasteiger charge is -2.48. The quantitative estimate of drug-likeness (QED) is 0.342. The van der Waals surface area contributed by atoms with E-state index in [0.717, 1.165) is 19.3 Å². The summed E-state index contributed by atoms with van der Waals surface area (Å²) in [7, 11) is 1.74. The first-order chi connectivity index (χ1) is 19.4. The summed E-state index contributed by atoms with van der Waals surface area (Å²) in [6.07, 6.45) is -0.230. The fourth-order valence-corrected chi connectivity index (χ4v) is 6.84. The van der Waals surface area contributed by atoms with Crippen LogP contribution in [0.2, 0.25) is 0 Å². The van der Waals surface area contributed by atoms with Crippen molar-refractivity contribution in [3.63, 3.8) is 0 Å². The van der Waals surface area contributed by atoms with Crippen LogP contribution in [-0.2, 0) is 31.6 Å². The number of hydrogen-bond donors (Lipinski definition) is 1. The number of alkyl halides is 5. The van der Waals surface area contributed by atoms with Gasteiger partial charge in [-0.15, -0.1) is 10.2 Å². The van der Waals surface area contributed by atoms with E-state index < -0.39 is 29.0 Å². The Morgan fingerprint density at radius 2 is 1.90 bits per heavy atom. The number of aryl methyl sites for hydroxylation is 1. The summed E-state index contributed by atoms with van der Waals surface area (Å²) < 4.78 is 73.2. The zero-order valence-corrected chi connectivity index (χ0v) is 22.9. The minimum Gasteiger partial charge on any atom is -0.321 e. The largest absolute Gasteiger partial charge is 0.416 e. The topological polar surface area (TPSA) is 63.1 Å². The summed E-state index contributed by atoms with van der Waals surface area (Å²) >= 11 is 0. The molecule has 1 aromatic heterocycles. The van der Waals surface area contributed by atoms with Crippen LogP contribution in [0.25, 0.3) is 0 Å². The minimum absolute atomic E-state index is 0.0459. The van der Waals surface area contributed by atoms with Crippen molar-refractivity contribution in [2.75, 3.05) is 4.90 Å². The standard InChI is InChI=1S/C30H32F5N5O/c1-3-20-7-5-9-25(37-20)18-10-22-23(24(11-18)30(33,34)35)14-40(27(22)41)21-8-4-6-19(12-21)28(15-29(31,32)16-28)13-26-38-36-17-39(26)2/h4,6,8,10-12,17,20,25,37H,3,5,7,9,13-16H2,1-2H3/t20-,25-/m0/s1. The molecule has 1 aliphatic carbocycles. The number of piperidine rings is 1. The number of aromatic nitrogens is 3. The van der Waals surface area contributed by atoms with Gasteiger partial charge in [0.2, 0.25) is 5.92 Å². The Bertz CT molecular complexity index is 1470. The van der Waals surface area contributed by atoms with Crippen LogP contribution in [0.3, 0.4) is 0 Å². The first-order valence-corrected chi connectivity index (χ1v) is 14.0. The Labute approximate surface area is 234 Å². The van der Waals surface area contributed by atoms with Gasteiger partial charge in [-0.3, -0.25) is 4.79 Å². The van der Waals surface area contributed by atoms with Gasteiger partial charge in [0.05, 0.1) is 12.1 Å². The van der Waals surface area contributed by atoms with Crippen LogP contribution in [0, 0.1) is 0 Å². The van der Waals surface area contributed by atoms with Crippen LogP contribution in [0.5, 0.6) is 0 Å². The zero-order chi connectivity index (χ0) is 29.2. The van der Waals surface area contributed by atoms with Crippen LogP contribution in [0.1, 0.15) is 89.9 Å². The normalized spacial score (nSPS) is 23.4. The van der Waals surface area contributed by atoms with Crippen molar-refractivity contribution in [2.45, 2.75) is 88.0 Å². The molecule has 2 aromatic carbocycles. The molecule has 3 aliphatic rings. The lowest BCUT2D eigenvalue weighted by atomic mass is 9.60. The van der Waals surface area contributed by atoms with E-state index in [1.54, 1.807) is 41.9 Å². The third-order valence-electron chi connectivity index (χ3n) is 9.01. The first kappa shape index (κ1) is 27.8. The number of amides is 1. The summed E-state index contributed by atoms with van der Waals surface area (Å²) in [5, 5.41) is 11.4. The number of carbonyl (C=O) groups excluding carboxylic acids is 1. The maximum Gasteiger partial charge on any atom is 0.416 e. The number of anilines is 1. The molecule has 3 heterocycles. The van der Waals surface area contributed by atoms with Crippen molar-refractivity contribution in [3.05, 3.63) is 76.4 Å². The van der Waals surface area contributed by atoms with Gasteiger partial charge in [0.25, 0.3) is 5.91 Å². The summed E-state index contributed by atoms with van der Waals surface area (Å²) in [6.45, 7) is 1.80. The molecule has 3 aromatic rings. The van der Waals surface area contributed by atoms with E-state index >= 15 is 0 Å². The number of halogens is 5. The average molecular weight is 574 g/mol. The molecule has 1 saturated carbocycles. The van der Waals surface area contributed by atoms with Crippen LogP contribution >= 0.6 is 0 Å². The smallest absolute Gasteiger partial charge is 0.321 e. The average Bonchev–Trinajstić information content (AvgIpc) is 3.48. The van der Waals surface area contributed by atoms with Gasteiger partial charge in [-0.05, 0) is 60.2 Å². The molecule has 0 unspecified atom stereocenters. The van der Waals surface area contributed by atoms with Crippen molar-refractivity contribution < 1.29 is 26.7 Å². The fourth-order valence-electron chi connectivity index (χ4n) is 6.84. The van der Waals surface area contributed by atoms with E-state index in [4.69, 9.17) is 0 Å². The maximum absolute atomic E-state index is 14.3. The van der Waals surface area contributed by atoms with Gasteiger partial charge >= 0.3 is 6.18 Å². The number of carbonyl (C=O) groups is 1. The zero-order valence-electron chi connectivity index (χ0n) is 22.9. The summed E-state index contributed by atoms with van der Waals surface area (Å²) in [5.41, 5.74) is -0.280. The van der Waals surface area contributed by atoms with Crippen molar-refractivity contribution in [3.8, 4) is 0 Å². The van der Waals surface area contributed by atoms with Crippen LogP contribution in [-0.4, -0.2) is 32.6 Å². The van der Waals surface area contributed by atoms with Gasteiger partial charge in [-0.25, -0.2) is 8.78 Å². The number of nitrogens with zero attached hydrogens (tertiary/aromatic N) is 4. The van der Waals surface area contributed by atoms with E-state index in [9.17, 15) is 26.7 Å². The number of benzene rings is 2. The maximum atomic E-state index is 14.3. The van der Waals surface area contributed by atoms with Gasteiger partial charge in [-0.1, -0.05) is 25.5 Å². The predicted octanol–water partition coefficient (Wildman–Crippen LogP) is 6.50. The van der Waals surface area contributed by atoms with E-state index in [-0.39, 0.29) is 49.0 Å². The molecule has 0 radical (unpaired) electrons. The SMILES string of the molecule is CC[C@H]1CCC[C@@H](c2cc3c(c(C(F)(F)F)c2)CN(c2cccc(C4(Cc5nncn5C)CC(F)(F)C4)c2)C3=O)N1. The van der Waals surface area contributed by atoms with Gasteiger partial charge < -0.3 is 14.8 Å². The lowest BCUT2D eigenvalue weighted by molar-refractivity contribution is -0.138. The molecule has 1 saturated heterocycles. The Kier molecular flexibility index (Phi) is 6.71. The monoisotopic (exact) mass is 573 g/mol. The molecule has 0 bridgehead atoms. The van der Waals surface area contributed by atoms with E-state index in [0.29, 0.717) is 29.1 Å².